The van der Waals surface area contributed by atoms with Gasteiger partial charge in [-0.15, -0.1) is 0 Å². The van der Waals surface area contributed by atoms with Gasteiger partial charge in [-0.3, -0.25) is 5.41 Å². The molecular formula is C13H16ClN5. The number of nitrogens with one attached hydrogen (secondary N) is 2. The molecule has 0 radical (unpaired) electrons. The van der Waals surface area contributed by atoms with Gasteiger partial charge in [0.2, 0.25) is 0 Å². The molecule has 2 N–H and O–H groups in total. The molecule has 1 aliphatic heterocycles. The third-order valence-corrected chi connectivity index (χ3v) is 3.93. The number of aromatic nitrogens is 1. The second-order valence-corrected chi connectivity index (χ2v) is 5.27. The number of halogens is 1. The Morgan fingerprint density at radius 3 is 2.89 bits per heavy atom. The molecule has 19 heavy (non-hydrogen) atoms. The van der Waals surface area contributed by atoms with Gasteiger partial charge in [0.15, 0.2) is 5.15 Å². The normalized spacial score (nSPS) is 24.6. The third kappa shape index (κ3) is 1.89. The summed E-state index contributed by atoms with van der Waals surface area (Å²) in [5.41, 5.74) is 5.68. The first kappa shape index (κ1) is 12.4. The van der Waals surface area contributed by atoms with Gasteiger partial charge in [0.1, 0.15) is 5.71 Å². The van der Waals surface area contributed by atoms with E-state index in [2.05, 4.69) is 27.3 Å². The Hall–Kier alpha value is -1.62. The van der Waals surface area contributed by atoms with Gasteiger partial charge in [-0.1, -0.05) is 11.6 Å². The van der Waals surface area contributed by atoms with Gasteiger partial charge < -0.3 is 10.3 Å². The summed E-state index contributed by atoms with van der Waals surface area (Å²) in [7, 11) is 1.75. The van der Waals surface area contributed by atoms with Crippen LogP contribution in [0.5, 0.6) is 0 Å². The zero-order chi connectivity index (χ0) is 13.6. The average molecular weight is 278 g/mol. The largest absolute Gasteiger partial charge is 0.357 e. The first-order chi connectivity index (χ1) is 9.15. The maximum absolute atomic E-state index is 8.33. The zero-order valence-electron chi connectivity index (χ0n) is 10.9. The summed E-state index contributed by atoms with van der Waals surface area (Å²) in [5.74, 6) is 0. The highest BCUT2D eigenvalue weighted by atomic mass is 35.5. The summed E-state index contributed by atoms with van der Waals surface area (Å²) < 4.78 is 0. The number of rotatable bonds is 2. The molecule has 0 spiro atoms. The SMILES string of the molecule is CN/N=C1\C(=N)c2ccnc(Cl)c2N(C2CC2)C1C. The Morgan fingerprint density at radius 1 is 1.53 bits per heavy atom. The molecular weight excluding hydrogens is 262 g/mol. The molecule has 0 bridgehead atoms. The summed E-state index contributed by atoms with van der Waals surface area (Å²) in [6.07, 6.45) is 3.97. The smallest absolute Gasteiger partial charge is 0.153 e. The monoisotopic (exact) mass is 277 g/mol. The van der Waals surface area contributed by atoms with E-state index in [0.29, 0.717) is 16.9 Å². The van der Waals surface area contributed by atoms with E-state index in [1.807, 2.05) is 6.07 Å². The summed E-state index contributed by atoms with van der Waals surface area (Å²) in [6.45, 7) is 2.06. The quantitative estimate of drug-likeness (QED) is 0.642. The lowest BCUT2D eigenvalue weighted by Gasteiger charge is -2.38. The minimum atomic E-state index is 0.0432. The first-order valence-corrected chi connectivity index (χ1v) is 6.79. The average Bonchev–Trinajstić information content (AvgIpc) is 3.20. The molecule has 0 saturated heterocycles. The lowest BCUT2D eigenvalue weighted by atomic mass is 9.93. The molecule has 1 aromatic rings. The number of hydrazone groups is 1. The molecule has 2 heterocycles. The lowest BCUT2D eigenvalue weighted by Crippen LogP contribution is -2.49. The van der Waals surface area contributed by atoms with Crippen LogP contribution < -0.4 is 10.3 Å². The first-order valence-electron chi connectivity index (χ1n) is 6.41. The number of pyridine rings is 1. The topological polar surface area (TPSA) is 64.4 Å². The Bertz CT molecular complexity index is 564. The van der Waals surface area contributed by atoms with Crippen LogP contribution >= 0.6 is 11.6 Å². The minimum Gasteiger partial charge on any atom is -0.357 e. The van der Waals surface area contributed by atoms with E-state index in [1.54, 1.807) is 13.2 Å². The lowest BCUT2D eigenvalue weighted by molar-refractivity contribution is 0.739. The van der Waals surface area contributed by atoms with Crippen molar-refractivity contribution in [1.29, 1.82) is 5.41 Å². The van der Waals surface area contributed by atoms with E-state index in [0.717, 1.165) is 29.8 Å². The number of fused-ring (bicyclic) bond motifs is 1. The molecule has 1 aromatic heterocycles. The molecule has 1 unspecified atom stereocenters. The van der Waals surface area contributed by atoms with E-state index in [1.165, 1.54) is 0 Å². The van der Waals surface area contributed by atoms with Crippen LogP contribution in [0, 0.1) is 5.41 Å². The van der Waals surface area contributed by atoms with Gasteiger partial charge in [-0.05, 0) is 25.8 Å². The van der Waals surface area contributed by atoms with Crippen LogP contribution in [0.3, 0.4) is 0 Å². The number of nitrogens with zero attached hydrogens (tertiary/aromatic N) is 3. The van der Waals surface area contributed by atoms with Crippen LogP contribution in [0.2, 0.25) is 5.15 Å². The van der Waals surface area contributed by atoms with E-state index in [9.17, 15) is 0 Å². The van der Waals surface area contributed by atoms with E-state index < -0.39 is 0 Å². The highest BCUT2D eigenvalue weighted by Crippen LogP contribution is 2.41. The van der Waals surface area contributed by atoms with Crippen molar-refractivity contribution in [2.75, 3.05) is 11.9 Å². The van der Waals surface area contributed by atoms with Gasteiger partial charge in [-0.25, -0.2) is 4.98 Å². The van der Waals surface area contributed by atoms with E-state index in [4.69, 9.17) is 17.0 Å². The fourth-order valence-corrected chi connectivity index (χ4v) is 2.93. The Labute approximate surface area is 117 Å². The predicted molar refractivity (Wildman–Crippen MR) is 77.5 cm³/mol. The number of hydrogen-bond acceptors (Lipinski definition) is 5. The molecule has 1 aliphatic carbocycles. The summed E-state index contributed by atoms with van der Waals surface area (Å²) >= 11 is 6.26. The maximum atomic E-state index is 8.33. The summed E-state index contributed by atoms with van der Waals surface area (Å²) in [5, 5.41) is 13.1. The molecule has 5 nitrogen and oxygen atoms in total. The van der Waals surface area contributed by atoms with Crippen molar-refractivity contribution in [1.82, 2.24) is 10.4 Å². The highest BCUT2D eigenvalue weighted by molar-refractivity contribution is 6.52. The van der Waals surface area contributed by atoms with Crippen LogP contribution in [0.25, 0.3) is 0 Å². The highest BCUT2D eigenvalue weighted by Gasteiger charge is 2.41. The summed E-state index contributed by atoms with van der Waals surface area (Å²) in [6, 6.07) is 2.38. The van der Waals surface area contributed by atoms with Gasteiger partial charge in [0.05, 0.1) is 17.4 Å². The third-order valence-electron chi connectivity index (χ3n) is 3.65. The minimum absolute atomic E-state index is 0.0432. The predicted octanol–water partition coefficient (Wildman–Crippen LogP) is 2.05. The van der Waals surface area contributed by atoms with Crippen molar-refractivity contribution in [2.24, 2.45) is 5.10 Å². The van der Waals surface area contributed by atoms with Crippen LogP contribution in [0.4, 0.5) is 5.69 Å². The van der Waals surface area contributed by atoms with Crippen LogP contribution in [0.15, 0.2) is 17.4 Å². The molecule has 0 aromatic carbocycles. The molecule has 1 fully saturated rings. The maximum Gasteiger partial charge on any atom is 0.153 e. The Balaban J connectivity index is 2.19. The van der Waals surface area contributed by atoms with E-state index in [-0.39, 0.29) is 6.04 Å². The van der Waals surface area contributed by atoms with Crippen LogP contribution in [-0.4, -0.2) is 35.5 Å². The van der Waals surface area contributed by atoms with Crippen LogP contribution in [-0.2, 0) is 0 Å². The van der Waals surface area contributed by atoms with Gasteiger partial charge >= 0.3 is 0 Å². The van der Waals surface area contributed by atoms with Gasteiger partial charge in [0.25, 0.3) is 0 Å². The number of hydrogen-bond donors (Lipinski definition) is 2. The van der Waals surface area contributed by atoms with Crippen molar-refractivity contribution in [3.63, 3.8) is 0 Å². The molecule has 6 heteroatoms. The standard InChI is InChI=1S/C13H16ClN5/c1-7-11(18-16-2)10(15)9-5-6-17-13(14)12(9)19(7)8-3-4-8/h5-8,15-16H,3-4H2,1-2H3/b15-10?,18-11-. The second-order valence-electron chi connectivity index (χ2n) is 4.91. The van der Waals surface area contributed by atoms with Crippen molar-refractivity contribution < 1.29 is 0 Å². The molecule has 100 valence electrons. The van der Waals surface area contributed by atoms with Gasteiger partial charge in [-0.2, -0.15) is 5.10 Å². The van der Waals surface area contributed by atoms with Crippen LogP contribution in [0.1, 0.15) is 25.3 Å². The molecule has 1 saturated carbocycles. The Morgan fingerprint density at radius 2 is 2.26 bits per heavy atom. The van der Waals surface area contributed by atoms with Crippen molar-refractivity contribution in [2.45, 2.75) is 31.8 Å². The second kappa shape index (κ2) is 4.49. The fraction of sp³-hybridized carbons (Fsp3) is 0.462. The molecule has 1 atom stereocenters. The van der Waals surface area contributed by atoms with Crippen molar-refractivity contribution in [3.8, 4) is 0 Å². The van der Waals surface area contributed by atoms with E-state index >= 15 is 0 Å². The zero-order valence-corrected chi connectivity index (χ0v) is 11.7. The van der Waals surface area contributed by atoms with Crippen molar-refractivity contribution in [3.05, 3.63) is 23.0 Å². The number of anilines is 1. The fourth-order valence-electron chi connectivity index (χ4n) is 2.67. The molecule has 3 rings (SSSR count). The van der Waals surface area contributed by atoms with Gasteiger partial charge in [0, 0.05) is 24.8 Å². The molecule has 2 aliphatic rings. The molecule has 0 amide bonds. The Kier molecular flexibility index (Phi) is 2.93. The summed E-state index contributed by atoms with van der Waals surface area (Å²) in [4.78, 5) is 6.43. The van der Waals surface area contributed by atoms with Crippen molar-refractivity contribution >= 4 is 28.7 Å².